The maximum absolute atomic E-state index is 12.3. The molecule has 0 bridgehead atoms. The van der Waals surface area contributed by atoms with E-state index >= 15 is 0 Å². The fourth-order valence-corrected chi connectivity index (χ4v) is 3.17. The van der Waals surface area contributed by atoms with Gasteiger partial charge in [-0.05, 0) is 35.6 Å². The number of carbonyl (C=O) groups is 1. The van der Waals surface area contributed by atoms with Gasteiger partial charge in [-0.2, -0.15) is 4.98 Å². The van der Waals surface area contributed by atoms with Gasteiger partial charge in [-0.1, -0.05) is 47.6 Å². The lowest BCUT2D eigenvalue weighted by molar-refractivity contribution is -0.120. The van der Waals surface area contributed by atoms with Gasteiger partial charge in [0, 0.05) is 0 Å². The molecule has 1 saturated carbocycles. The highest BCUT2D eigenvalue weighted by molar-refractivity contribution is 5.90. The monoisotopic (exact) mass is 372 g/mol. The van der Waals surface area contributed by atoms with E-state index in [1.807, 2.05) is 42.5 Å². The predicted molar refractivity (Wildman–Crippen MR) is 101 cm³/mol. The number of hydrogen-bond acceptors (Lipinski definition) is 5. The Morgan fingerprint density at radius 1 is 1.19 bits per heavy atom. The van der Waals surface area contributed by atoms with E-state index in [9.17, 15) is 4.79 Å². The van der Waals surface area contributed by atoms with Crippen molar-refractivity contribution in [3.05, 3.63) is 59.7 Å². The first-order chi connectivity index (χ1) is 12.1. The number of nitrogens with one attached hydrogen (secondary N) is 1. The van der Waals surface area contributed by atoms with Crippen molar-refractivity contribution in [2.45, 2.75) is 37.8 Å². The zero-order valence-corrected chi connectivity index (χ0v) is 15.1. The molecule has 1 aromatic heterocycles. The molecule has 3 N–H and O–H groups in total. The van der Waals surface area contributed by atoms with Crippen LogP contribution in [0.5, 0.6) is 0 Å². The molecule has 1 aliphatic carbocycles. The lowest BCUT2D eigenvalue weighted by Gasteiger charge is -2.34. The van der Waals surface area contributed by atoms with Gasteiger partial charge in [-0.3, -0.25) is 4.79 Å². The van der Waals surface area contributed by atoms with Crippen LogP contribution in [0.2, 0.25) is 0 Å². The first-order valence-electron chi connectivity index (χ1n) is 8.49. The summed E-state index contributed by atoms with van der Waals surface area (Å²) in [6.45, 7) is 0.215. The molecule has 0 saturated heterocycles. The molecule has 26 heavy (non-hydrogen) atoms. The molecule has 0 spiro atoms. The standard InChI is InChI=1S/C19H20N4O2.ClH/c20-19(9-4-10-19)18-22-17(25-23-18)12-21-16(24)11-14-7-3-6-13-5-1-2-8-15(13)14;/h1-3,5-8H,4,9-12,20H2,(H,21,24);1H. The molecule has 136 valence electrons. The van der Waals surface area contributed by atoms with E-state index < -0.39 is 5.54 Å². The molecule has 4 rings (SSSR count). The number of nitrogens with two attached hydrogens (primary N) is 1. The number of halogens is 1. The Morgan fingerprint density at radius 2 is 1.96 bits per heavy atom. The van der Waals surface area contributed by atoms with Gasteiger partial charge in [-0.25, -0.2) is 0 Å². The fourth-order valence-electron chi connectivity index (χ4n) is 3.17. The summed E-state index contributed by atoms with van der Waals surface area (Å²) in [4.78, 5) is 16.6. The Labute approximate surface area is 157 Å². The summed E-state index contributed by atoms with van der Waals surface area (Å²) < 4.78 is 5.20. The van der Waals surface area contributed by atoms with Gasteiger partial charge >= 0.3 is 0 Å². The second-order valence-corrected chi connectivity index (χ2v) is 6.61. The summed E-state index contributed by atoms with van der Waals surface area (Å²) in [5.41, 5.74) is 6.72. The largest absolute Gasteiger partial charge is 0.347 e. The number of nitrogens with zero attached hydrogens (tertiary/aromatic N) is 2. The van der Waals surface area contributed by atoms with Crippen LogP contribution in [0.15, 0.2) is 47.0 Å². The van der Waals surface area contributed by atoms with Gasteiger partial charge in [0.25, 0.3) is 0 Å². The normalized spacial score (nSPS) is 15.1. The Morgan fingerprint density at radius 3 is 2.73 bits per heavy atom. The number of hydrogen-bond donors (Lipinski definition) is 2. The molecule has 2 aromatic carbocycles. The van der Waals surface area contributed by atoms with Crippen LogP contribution < -0.4 is 11.1 Å². The average molecular weight is 373 g/mol. The van der Waals surface area contributed by atoms with Crippen molar-refractivity contribution in [2.24, 2.45) is 5.73 Å². The minimum absolute atomic E-state index is 0. The molecule has 1 amide bonds. The highest BCUT2D eigenvalue weighted by atomic mass is 35.5. The minimum Gasteiger partial charge on any atom is -0.347 e. The molecule has 0 atom stereocenters. The van der Waals surface area contributed by atoms with Crippen molar-refractivity contribution < 1.29 is 9.32 Å². The summed E-state index contributed by atoms with van der Waals surface area (Å²) in [6, 6.07) is 14.0. The van der Waals surface area contributed by atoms with Crippen molar-refractivity contribution in [3.63, 3.8) is 0 Å². The Balaban J connectivity index is 0.00000196. The molecule has 3 aromatic rings. The minimum atomic E-state index is -0.450. The van der Waals surface area contributed by atoms with E-state index in [1.165, 1.54) is 0 Å². The summed E-state index contributed by atoms with van der Waals surface area (Å²) in [5.74, 6) is 0.845. The maximum Gasteiger partial charge on any atom is 0.246 e. The molecule has 6 nitrogen and oxygen atoms in total. The van der Waals surface area contributed by atoms with Crippen LogP contribution in [0.25, 0.3) is 10.8 Å². The SMILES string of the molecule is Cl.NC1(c2noc(CNC(=O)Cc3cccc4ccccc34)n2)CCC1. The van der Waals surface area contributed by atoms with Crippen molar-refractivity contribution >= 4 is 29.1 Å². The summed E-state index contributed by atoms with van der Waals surface area (Å²) in [7, 11) is 0. The van der Waals surface area contributed by atoms with E-state index in [1.54, 1.807) is 0 Å². The fraction of sp³-hybridized carbons (Fsp3) is 0.316. The number of aromatic nitrogens is 2. The van der Waals surface area contributed by atoms with E-state index in [0.29, 0.717) is 18.1 Å². The van der Waals surface area contributed by atoms with Crippen LogP contribution >= 0.6 is 12.4 Å². The number of benzene rings is 2. The van der Waals surface area contributed by atoms with Gasteiger partial charge in [0.1, 0.15) is 0 Å². The van der Waals surface area contributed by atoms with Crippen LogP contribution in [-0.2, 0) is 23.3 Å². The molecular weight excluding hydrogens is 352 g/mol. The third-order valence-corrected chi connectivity index (χ3v) is 4.83. The zero-order chi connectivity index (χ0) is 17.3. The van der Waals surface area contributed by atoms with Gasteiger partial charge in [-0.15, -0.1) is 12.4 Å². The second-order valence-electron chi connectivity index (χ2n) is 6.61. The molecule has 1 heterocycles. The van der Waals surface area contributed by atoms with Gasteiger partial charge in [0.2, 0.25) is 11.8 Å². The molecule has 0 aliphatic heterocycles. The van der Waals surface area contributed by atoms with Crippen molar-refractivity contribution in [1.82, 2.24) is 15.5 Å². The third-order valence-electron chi connectivity index (χ3n) is 4.83. The van der Waals surface area contributed by atoms with Crippen molar-refractivity contribution in [2.75, 3.05) is 0 Å². The molecular formula is C19H21ClN4O2. The van der Waals surface area contributed by atoms with Gasteiger partial charge in [0.15, 0.2) is 5.82 Å². The van der Waals surface area contributed by atoms with Gasteiger partial charge < -0.3 is 15.6 Å². The first kappa shape index (κ1) is 18.4. The van der Waals surface area contributed by atoms with Crippen LogP contribution in [0.1, 0.15) is 36.5 Å². The number of amides is 1. The average Bonchev–Trinajstić information content (AvgIpc) is 3.08. The topological polar surface area (TPSA) is 94.0 Å². The summed E-state index contributed by atoms with van der Waals surface area (Å²) >= 11 is 0. The summed E-state index contributed by atoms with van der Waals surface area (Å²) in [6.07, 6.45) is 3.14. The Hall–Kier alpha value is -2.44. The van der Waals surface area contributed by atoms with Crippen molar-refractivity contribution in [1.29, 1.82) is 0 Å². The molecule has 0 unspecified atom stereocenters. The Kier molecular flexibility index (Phi) is 5.25. The lowest BCUT2D eigenvalue weighted by atomic mass is 9.77. The van der Waals surface area contributed by atoms with Crippen LogP contribution in [0, 0.1) is 0 Å². The summed E-state index contributed by atoms with van der Waals surface area (Å²) in [5, 5.41) is 9.01. The smallest absolute Gasteiger partial charge is 0.246 e. The quantitative estimate of drug-likeness (QED) is 0.718. The van der Waals surface area contributed by atoms with Crippen LogP contribution in [0.4, 0.5) is 0 Å². The lowest BCUT2D eigenvalue weighted by Crippen LogP contribution is -2.44. The van der Waals surface area contributed by atoms with E-state index in [4.69, 9.17) is 10.3 Å². The molecule has 1 fully saturated rings. The van der Waals surface area contributed by atoms with Crippen LogP contribution in [0.3, 0.4) is 0 Å². The second kappa shape index (κ2) is 7.43. The van der Waals surface area contributed by atoms with E-state index in [-0.39, 0.29) is 24.9 Å². The number of carbonyl (C=O) groups excluding carboxylic acids is 1. The first-order valence-corrected chi connectivity index (χ1v) is 8.49. The highest BCUT2D eigenvalue weighted by Gasteiger charge is 2.38. The Bertz CT molecular complexity index is 915. The highest BCUT2D eigenvalue weighted by Crippen LogP contribution is 2.36. The van der Waals surface area contributed by atoms with E-state index in [0.717, 1.165) is 35.6 Å². The number of fused-ring (bicyclic) bond motifs is 1. The number of rotatable bonds is 5. The van der Waals surface area contributed by atoms with Gasteiger partial charge in [0.05, 0.1) is 18.5 Å². The molecule has 1 aliphatic rings. The maximum atomic E-state index is 12.3. The van der Waals surface area contributed by atoms with E-state index in [2.05, 4.69) is 15.5 Å². The van der Waals surface area contributed by atoms with Crippen molar-refractivity contribution in [3.8, 4) is 0 Å². The predicted octanol–water partition coefficient (Wildman–Crippen LogP) is 2.84. The third kappa shape index (κ3) is 3.57. The van der Waals surface area contributed by atoms with Crippen LogP contribution in [-0.4, -0.2) is 16.0 Å². The molecule has 7 heteroatoms. The zero-order valence-electron chi connectivity index (χ0n) is 14.3. The molecule has 0 radical (unpaired) electrons.